The molecule has 0 spiro atoms. The van der Waals surface area contributed by atoms with Gasteiger partial charge in [-0.1, -0.05) is 18.8 Å². The second kappa shape index (κ2) is 6.01. The molecule has 0 aromatic carbocycles. The van der Waals surface area contributed by atoms with Crippen molar-refractivity contribution in [3.8, 4) is 11.8 Å². The van der Waals surface area contributed by atoms with E-state index in [-0.39, 0.29) is 6.61 Å². The molecular formula is C11H19NO. The van der Waals surface area contributed by atoms with Crippen LogP contribution in [0.2, 0.25) is 0 Å². The number of rotatable bonds is 2. The van der Waals surface area contributed by atoms with Crippen molar-refractivity contribution in [3.05, 3.63) is 0 Å². The second-order valence-corrected chi connectivity index (χ2v) is 3.58. The lowest BCUT2D eigenvalue weighted by Gasteiger charge is -2.25. The van der Waals surface area contributed by atoms with Crippen LogP contribution in [0.4, 0.5) is 0 Å². The van der Waals surface area contributed by atoms with Crippen molar-refractivity contribution in [2.24, 2.45) is 0 Å². The Morgan fingerprint density at radius 1 is 1.38 bits per heavy atom. The lowest BCUT2D eigenvalue weighted by molar-refractivity contribution is 0.137. The van der Waals surface area contributed by atoms with Crippen molar-refractivity contribution in [3.63, 3.8) is 0 Å². The van der Waals surface area contributed by atoms with Crippen LogP contribution in [0.3, 0.4) is 0 Å². The summed E-state index contributed by atoms with van der Waals surface area (Å²) < 4.78 is 0. The van der Waals surface area contributed by atoms with E-state index >= 15 is 0 Å². The minimum Gasteiger partial charge on any atom is -0.395 e. The lowest BCUT2D eigenvalue weighted by Crippen LogP contribution is -2.37. The number of nitrogens with zero attached hydrogens (tertiary/aromatic N) is 1. The monoisotopic (exact) mass is 181 g/mol. The molecule has 1 atom stereocenters. The van der Waals surface area contributed by atoms with Crippen LogP contribution in [0.25, 0.3) is 0 Å². The number of hydrogen-bond acceptors (Lipinski definition) is 2. The molecule has 1 aliphatic heterocycles. The molecule has 0 radical (unpaired) electrons. The average molecular weight is 181 g/mol. The first-order chi connectivity index (χ1) is 6.38. The van der Waals surface area contributed by atoms with Gasteiger partial charge in [0.1, 0.15) is 0 Å². The van der Waals surface area contributed by atoms with Gasteiger partial charge in [-0.25, -0.2) is 0 Å². The zero-order valence-corrected chi connectivity index (χ0v) is 8.42. The largest absolute Gasteiger partial charge is 0.395 e. The first-order valence-corrected chi connectivity index (χ1v) is 5.13. The predicted octanol–water partition coefficient (Wildman–Crippen LogP) is 1.25. The fraction of sp³-hybridized carbons (Fsp3) is 0.818. The summed E-state index contributed by atoms with van der Waals surface area (Å²) in [5.41, 5.74) is 0. The van der Waals surface area contributed by atoms with Gasteiger partial charge in [0.2, 0.25) is 0 Å². The molecule has 1 N–H and O–H groups in total. The molecule has 0 aromatic rings. The number of likely N-dealkylation sites (tertiary alicyclic amines) is 1. The molecule has 0 aromatic heterocycles. The zero-order chi connectivity index (χ0) is 9.52. The molecule has 13 heavy (non-hydrogen) atoms. The molecule has 1 saturated heterocycles. The zero-order valence-electron chi connectivity index (χ0n) is 8.42. The highest BCUT2D eigenvalue weighted by molar-refractivity contribution is 4.99. The quantitative estimate of drug-likeness (QED) is 0.648. The second-order valence-electron chi connectivity index (χ2n) is 3.58. The van der Waals surface area contributed by atoms with E-state index in [1.165, 1.54) is 19.3 Å². The van der Waals surface area contributed by atoms with Gasteiger partial charge < -0.3 is 5.11 Å². The van der Waals surface area contributed by atoms with Crippen LogP contribution in [-0.4, -0.2) is 35.7 Å². The van der Waals surface area contributed by atoms with Crippen LogP contribution in [0.5, 0.6) is 0 Å². The third-order valence-corrected chi connectivity index (χ3v) is 2.67. The van der Waals surface area contributed by atoms with Gasteiger partial charge in [0.05, 0.1) is 13.2 Å². The van der Waals surface area contributed by atoms with Crippen LogP contribution in [0, 0.1) is 11.8 Å². The summed E-state index contributed by atoms with van der Waals surface area (Å²) in [5.74, 6) is 5.98. The Morgan fingerprint density at radius 3 is 2.92 bits per heavy atom. The maximum Gasteiger partial charge on any atom is 0.0604 e. The average Bonchev–Trinajstić information content (AvgIpc) is 2.39. The van der Waals surface area contributed by atoms with E-state index in [0.717, 1.165) is 19.5 Å². The van der Waals surface area contributed by atoms with Gasteiger partial charge in [0, 0.05) is 6.04 Å². The smallest absolute Gasteiger partial charge is 0.0604 e. The third-order valence-electron chi connectivity index (χ3n) is 2.67. The first-order valence-electron chi connectivity index (χ1n) is 5.13. The van der Waals surface area contributed by atoms with Gasteiger partial charge >= 0.3 is 0 Å². The Bertz CT molecular complexity index is 192. The summed E-state index contributed by atoms with van der Waals surface area (Å²) in [5, 5.41) is 9.20. The van der Waals surface area contributed by atoms with E-state index < -0.39 is 0 Å². The van der Waals surface area contributed by atoms with Gasteiger partial charge in [0.15, 0.2) is 0 Å². The molecule has 0 aliphatic carbocycles. The molecule has 0 saturated carbocycles. The molecule has 1 rings (SSSR count). The van der Waals surface area contributed by atoms with Gasteiger partial charge in [-0.2, -0.15) is 0 Å². The normalized spacial score (nSPS) is 24.6. The van der Waals surface area contributed by atoms with Gasteiger partial charge in [-0.15, -0.1) is 5.92 Å². The minimum atomic E-state index is 0.283. The standard InChI is InChI=1S/C11H19NO/c1-2-3-8-12-9-6-4-5-7-11(12)10-13/h11,13H,4-10H2,1H3. The summed E-state index contributed by atoms with van der Waals surface area (Å²) >= 11 is 0. The van der Waals surface area contributed by atoms with E-state index in [4.69, 9.17) is 0 Å². The summed E-state index contributed by atoms with van der Waals surface area (Å²) in [6.07, 6.45) is 4.93. The van der Waals surface area contributed by atoms with E-state index in [0.29, 0.717) is 6.04 Å². The molecule has 1 fully saturated rings. The number of aliphatic hydroxyl groups is 1. The van der Waals surface area contributed by atoms with Crippen molar-refractivity contribution >= 4 is 0 Å². The maximum absolute atomic E-state index is 9.20. The Hall–Kier alpha value is -0.520. The molecule has 1 heterocycles. The Balaban J connectivity index is 2.47. The number of hydrogen-bond donors (Lipinski definition) is 1. The Kier molecular flexibility index (Phi) is 4.88. The summed E-state index contributed by atoms with van der Waals surface area (Å²) in [7, 11) is 0. The van der Waals surface area contributed by atoms with Crippen molar-refractivity contribution in [1.29, 1.82) is 0 Å². The van der Waals surface area contributed by atoms with Crippen LogP contribution in [-0.2, 0) is 0 Å². The van der Waals surface area contributed by atoms with Crippen LogP contribution in [0.1, 0.15) is 32.6 Å². The fourth-order valence-corrected chi connectivity index (χ4v) is 1.83. The first kappa shape index (κ1) is 10.6. The molecule has 2 heteroatoms. The SMILES string of the molecule is CC#CCN1CCCCCC1CO. The predicted molar refractivity (Wildman–Crippen MR) is 54.4 cm³/mol. The van der Waals surface area contributed by atoms with Crippen molar-refractivity contribution in [1.82, 2.24) is 4.90 Å². The van der Waals surface area contributed by atoms with Crippen molar-refractivity contribution in [2.45, 2.75) is 38.6 Å². The van der Waals surface area contributed by atoms with Crippen LogP contribution >= 0.6 is 0 Å². The molecule has 2 nitrogen and oxygen atoms in total. The van der Waals surface area contributed by atoms with E-state index in [2.05, 4.69) is 16.7 Å². The van der Waals surface area contributed by atoms with Crippen molar-refractivity contribution in [2.75, 3.05) is 19.7 Å². The van der Waals surface area contributed by atoms with Gasteiger partial charge in [-0.05, 0) is 26.3 Å². The Morgan fingerprint density at radius 2 is 2.23 bits per heavy atom. The number of aliphatic hydroxyl groups excluding tert-OH is 1. The van der Waals surface area contributed by atoms with Gasteiger partial charge in [-0.3, -0.25) is 4.90 Å². The molecule has 1 unspecified atom stereocenters. The van der Waals surface area contributed by atoms with Crippen LogP contribution < -0.4 is 0 Å². The van der Waals surface area contributed by atoms with Crippen molar-refractivity contribution < 1.29 is 5.11 Å². The highest BCUT2D eigenvalue weighted by Crippen LogP contribution is 2.15. The highest BCUT2D eigenvalue weighted by atomic mass is 16.3. The fourth-order valence-electron chi connectivity index (χ4n) is 1.83. The molecule has 74 valence electrons. The Labute approximate surface area is 80.9 Å². The summed E-state index contributed by atoms with van der Waals surface area (Å²) in [6, 6.07) is 0.350. The molecule has 0 bridgehead atoms. The van der Waals surface area contributed by atoms with Crippen LogP contribution in [0.15, 0.2) is 0 Å². The van der Waals surface area contributed by atoms with E-state index in [1.54, 1.807) is 0 Å². The van der Waals surface area contributed by atoms with E-state index in [9.17, 15) is 5.11 Å². The third kappa shape index (κ3) is 3.38. The summed E-state index contributed by atoms with van der Waals surface area (Å²) in [6.45, 7) is 4.07. The maximum atomic E-state index is 9.20. The summed E-state index contributed by atoms with van der Waals surface area (Å²) in [4.78, 5) is 2.31. The minimum absolute atomic E-state index is 0.283. The molecular weight excluding hydrogens is 162 g/mol. The topological polar surface area (TPSA) is 23.5 Å². The lowest BCUT2D eigenvalue weighted by atomic mass is 10.1. The van der Waals surface area contributed by atoms with E-state index in [1.807, 2.05) is 6.92 Å². The molecule has 0 amide bonds. The van der Waals surface area contributed by atoms with Gasteiger partial charge in [0.25, 0.3) is 0 Å². The molecule has 1 aliphatic rings. The highest BCUT2D eigenvalue weighted by Gasteiger charge is 2.18.